The van der Waals surface area contributed by atoms with Crippen LogP contribution in [0.3, 0.4) is 0 Å². The second kappa shape index (κ2) is 8.24. The standard InChI is InChI=1S/C26H24N4O3/c1-26(2)12-11-21(31)18(15-26)22-25(28-14-13-27-22)33-17-9-7-16(8-10-17)23(32)24-29-19-5-3-4-6-20(19)30-24/h3-10,13-14,18H,11-12,15H2,1-2H3,(H,29,30)/t18-/m0/s1. The number of imidazole rings is 1. The molecular weight excluding hydrogens is 416 g/mol. The van der Waals surface area contributed by atoms with Crippen LogP contribution in [0.1, 0.15) is 60.9 Å². The Morgan fingerprint density at radius 2 is 1.82 bits per heavy atom. The van der Waals surface area contributed by atoms with Crippen molar-refractivity contribution < 1.29 is 14.3 Å². The molecule has 0 spiro atoms. The number of aromatic amines is 1. The lowest BCUT2D eigenvalue weighted by Crippen LogP contribution is -2.29. The van der Waals surface area contributed by atoms with E-state index >= 15 is 0 Å². The molecule has 1 fully saturated rings. The molecule has 0 bridgehead atoms. The number of H-pyrrole nitrogens is 1. The number of aromatic nitrogens is 4. The summed E-state index contributed by atoms with van der Waals surface area (Å²) in [6.07, 6.45) is 5.26. The van der Waals surface area contributed by atoms with Crippen LogP contribution in [0.5, 0.6) is 11.6 Å². The number of para-hydroxylation sites is 2. The minimum absolute atomic E-state index is 0.0615. The molecule has 7 heteroatoms. The van der Waals surface area contributed by atoms with Gasteiger partial charge in [0.1, 0.15) is 17.2 Å². The summed E-state index contributed by atoms with van der Waals surface area (Å²) in [4.78, 5) is 41.7. The zero-order chi connectivity index (χ0) is 23.0. The Balaban J connectivity index is 1.37. The van der Waals surface area contributed by atoms with Crippen LogP contribution >= 0.6 is 0 Å². The number of hydrogen-bond donors (Lipinski definition) is 1. The highest BCUT2D eigenvalue weighted by Gasteiger charge is 2.37. The smallest absolute Gasteiger partial charge is 0.241 e. The number of benzene rings is 2. The Bertz CT molecular complexity index is 1310. The van der Waals surface area contributed by atoms with Gasteiger partial charge in [-0.3, -0.25) is 14.6 Å². The van der Waals surface area contributed by atoms with Crippen molar-refractivity contribution in [2.75, 3.05) is 0 Å². The molecule has 0 radical (unpaired) electrons. The van der Waals surface area contributed by atoms with Crippen LogP contribution in [0.2, 0.25) is 0 Å². The lowest BCUT2D eigenvalue weighted by molar-refractivity contribution is -0.124. The number of hydrogen-bond acceptors (Lipinski definition) is 6. The van der Waals surface area contributed by atoms with Crippen molar-refractivity contribution >= 4 is 22.6 Å². The molecule has 5 rings (SSSR count). The first kappa shape index (κ1) is 21.0. The summed E-state index contributed by atoms with van der Waals surface area (Å²) < 4.78 is 6.01. The van der Waals surface area contributed by atoms with Gasteiger partial charge in [0.05, 0.1) is 17.0 Å². The zero-order valence-corrected chi connectivity index (χ0v) is 18.5. The second-order valence-corrected chi connectivity index (χ2v) is 9.19. The van der Waals surface area contributed by atoms with Gasteiger partial charge in [0, 0.05) is 24.4 Å². The Kier molecular flexibility index (Phi) is 5.24. The van der Waals surface area contributed by atoms with E-state index in [0.717, 1.165) is 17.5 Å². The summed E-state index contributed by atoms with van der Waals surface area (Å²) in [5.41, 5.74) is 2.68. The first-order valence-electron chi connectivity index (χ1n) is 11.0. The van der Waals surface area contributed by atoms with E-state index < -0.39 is 0 Å². The summed E-state index contributed by atoms with van der Waals surface area (Å²) in [7, 11) is 0. The third-order valence-electron chi connectivity index (χ3n) is 6.15. The summed E-state index contributed by atoms with van der Waals surface area (Å²) in [6.45, 7) is 4.34. The molecule has 4 aromatic rings. The lowest BCUT2D eigenvalue weighted by Gasteiger charge is -2.34. The first-order valence-corrected chi connectivity index (χ1v) is 11.0. The number of ketones is 2. The van der Waals surface area contributed by atoms with Crippen molar-refractivity contribution in [1.82, 2.24) is 19.9 Å². The summed E-state index contributed by atoms with van der Waals surface area (Å²) >= 11 is 0. The van der Waals surface area contributed by atoms with E-state index in [2.05, 4.69) is 33.8 Å². The fourth-order valence-corrected chi connectivity index (χ4v) is 4.29. The van der Waals surface area contributed by atoms with E-state index in [1.807, 2.05) is 24.3 Å². The predicted molar refractivity (Wildman–Crippen MR) is 123 cm³/mol. The third-order valence-corrected chi connectivity index (χ3v) is 6.15. The van der Waals surface area contributed by atoms with Gasteiger partial charge in [0.2, 0.25) is 11.7 Å². The molecule has 1 aliphatic rings. The molecule has 1 atom stereocenters. The summed E-state index contributed by atoms with van der Waals surface area (Å²) in [6, 6.07) is 14.3. The van der Waals surface area contributed by atoms with Crippen LogP contribution < -0.4 is 4.74 Å². The quantitative estimate of drug-likeness (QED) is 0.426. The highest BCUT2D eigenvalue weighted by molar-refractivity contribution is 6.08. The van der Waals surface area contributed by atoms with E-state index in [1.165, 1.54) is 0 Å². The van der Waals surface area contributed by atoms with Crippen LogP contribution in [-0.2, 0) is 4.79 Å². The Labute approximate surface area is 191 Å². The Morgan fingerprint density at radius 1 is 1.06 bits per heavy atom. The molecule has 166 valence electrons. The van der Waals surface area contributed by atoms with Gasteiger partial charge in [-0.25, -0.2) is 9.97 Å². The van der Waals surface area contributed by atoms with E-state index in [1.54, 1.807) is 36.7 Å². The highest BCUT2D eigenvalue weighted by atomic mass is 16.5. The van der Waals surface area contributed by atoms with Gasteiger partial charge in [0.15, 0.2) is 5.82 Å². The number of carbonyl (C=O) groups is 2. The second-order valence-electron chi connectivity index (χ2n) is 9.19. The van der Waals surface area contributed by atoms with Crippen LogP contribution in [0.15, 0.2) is 60.9 Å². The van der Waals surface area contributed by atoms with E-state index in [-0.39, 0.29) is 22.9 Å². The van der Waals surface area contributed by atoms with Gasteiger partial charge in [0.25, 0.3) is 0 Å². The summed E-state index contributed by atoms with van der Waals surface area (Å²) in [5, 5.41) is 0. The van der Waals surface area contributed by atoms with Crippen LogP contribution in [0, 0.1) is 5.41 Å². The molecule has 1 aliphatic carbocycles. The number of nitrogens with one attached hydrogen (secondary N) is 1. The molecule has 1 saturated carbocycles. The predicted octanol–water partition coefficient (Wildman–Crippen LogP) is 5.24. The lowest BCUT2D eigenvalue weighted by atomic mass is 9.70. The number of Topliss-reactive ketones (excluding diaryl/α,β-unsaturated/α-hetero) is 1. The molecule has 0 aliphatic heterocycles. The molecule has 33 heavy (non-hydrogen) atoms. The first-order chi connectivity index (χ1) is 15.9. The number of ether oxygens (including phenoxy) is 1. The molecular formula is C26H24N4O3. The van der Waals surface area contributed by atoms with Gasteiger partial charge >= 0.3 is 0 Å². The topological polar surface area (TPSA) is 97.8 Å². The summed E-state index contributed by atoms with van der Waals surface area (Å²) in [5.74, 6) is 0.774. The van der Waals surface area contributed by atoms with Gasteiger partial charge in [-0.15, -0.1) is 0 Å². The van der Waals surface area contributed by atoms with E-state index in [0.29, 0.717) is 41.6 Å². The molecule has 2 heterocycles. The van der Waals surface area contributed by atoms with Crippen molar-refractivity contribution in [2.24, 2.45) is 5.41 Å². The molecule has 2 aromatic heterocycles. The van der Waals surface area contributed by atoms with Gasteiger partial charge < -0.3 is 9.72 Å². The fourth-order valence-electron chi connectivity index (χ4n) is 4.29. The molecule has 1 N–H and O–H groups in total. The number of rotatable bonds is 5. The number of carbonyl (C=O) groups excluding carboxylic acids is 2. The Hall–Kier alpha value is -3.87. The van der Waals surface area contributed by atoms with Crippen molar-refractivity contribution in [3.05, 3.63) is 78.0 Å². The van der Waals surface area contributed by atoms with E-state index in [4.69, 9.17) is 4.74 Å². The average molecular weight is 441 g/mol. The van der Waals surface area contributed by atoms with Gasteiger partial charge in [-0.2, -0.15) is 0 Å². The molecule has 0 saturated heterocycles. The maximum absolute atomic E-state index is 12.8. The highest BCUT2D eigenvalue weighted by Crippen LogP contribution is 2.43. The average Bonchev–Trinajstić information content (AvgIpc) is 3.26. The number of fused-ring (bicyclic) bond motifs is 1. The molecule has 2 aromatic carbocycles. The van der Waals surface area contributed by atoms with Crippen molar-refractivity contribution in [2.45, 2.75) is 39.0 Å². The minimum atomic E-state index is -0.327. The van der Waals surface area contributed by atoms with Crippen LogP contribution in [0.25, 0.3) is 11.0 Å². The monoisotopic (exact) mass is 440 g/mol. The van der Waals surface area contributed by atoms with Gasteiger partial charge in [-0.1, -0.05) is 26.0 Å². The zero-order valence-electron chi connectivity index (χ0n) is 18.5. The maximum atomic E-state index is 12.8. The van der Waals surface area contributed by atoms with Gasteiger partial charge in [-0.05, 0) is 54.7 Å². The van der Waals surface area contributed by atoms with Crippen molar-refractivity contribution in [1.29, 1.82) is 0 Å². The van der Waals surface area contributed by atoms with Crippen LogP contribution in [0.4, 0.5) is 0 Å². The van der Waals surface area contributed by atoms with Crippen LogP contribution in [-0.4, -0.2) is 31.5 Å². The van der Waals surface area contributed by atoms with Crippen molar-refractivity contribution in [3.8, 4) is 11.6 Å². The SMILES string of the molecule is CC1(C)CCC(=O)[C@@H](c2nccnc2Oc2ccc(C(=O)c3nc4ccccc4[nH]3)cc2)C1. The maximum Gasteiger partial charge on any atom is 0.241 e. The van der Waals surface area contributed by atoms with Crippen molar-refractivity contribution in [3.63, 3.8) is 0 Å². The normalized spacial score (nSPS) is 17.8. The molecule has 0 unspecified atom stereocenters. The Morgan fingerprint density at radius 3 is 2.61 bits per heavy atom. The number of nitrogens with zero attached hydrogens (tertiary/aromatic N) is 3. The largest absolute Gasteiger partial charge is 0.437 e. The minimum Gasteiger partial charge on any atom is -0.437 e. The molecule has 7 nitrogen and oxygen atoms in total. The molecule has 0 amide bonds. The third kappa shape index (κ3) is 4.26. The fraction of sp³-hybridized carbons (Fsp3) is 0.269. The van der Waals surface area contributed by atoms with E-state index in [9.17, 15) is 9.59 Å².